The molecule has 0 radical (unpaired) electrons. The normalized spacial score (nSPS) is 9.92. The summed E-state index contributed by atoms with van der Waals surface area (Å²) in [5, 5.41) is 0. The first-order chi connectivity index (χ1) is 12.1. The molecule has 5 heteroatoms. The highest BCUT2D eigenvalue weighted by atomic mass is 35.5. The van der Waals surface area contributed by atoms with E-state index in [0.29, 0.717) is 0 Å². The van der Waals surface area contributed by atoms with Crippen molar-refractivity contribution in [3.05, 3.63) is 85.2 Å². The molecule has 1 heterocycles. The van der Waals surface area contributed by atoms with Crippen molar-refractivity contribution in [2.45, 2.75) is 6.54 Å². The molecule has 1 aromatic heterocycles. The molecule has 0 atom stereocenters. The van der Waals surface area contributed by atoms with Gasteiger partial charge >= 0.3 is 0 Å². The fourth-order valence-corrected chi connectivity index (χ4v) is 2.67. The van der Waals surface area contributed by atoms with Crippen molar-refractivity contribution >= 4 is 23.0 Å². The monoisotopic (exact) mass is 367 g/mol. The quantitative estimate of drug-likeness (QED) is 0.611. The molecule has 0 unspecified atom stereocenters. The summed E-state index contributed by atoms with van der Waals surface area (Å²) in [6, 6.07) is 23.5. The van der Waals surface area contributed by atoms with Gasteiger partial charge in [-0.1, -0.05) is 36.4 Å². The Kier molecular flexibility index (Phi) is 6.75. The maximum Gasteiger partial charge on any atom is 0.297 e. The molecule has 0 bridgehead atoms. The summed E-state index contributed by atoms with van der Waals surface area (Å²) in [6.07, 6.45) is 3.86. The second-order valence-corrected chi connectivity index (χ2v) is 6.02. The summed E-state index contributed by atoms with van der Waals surface area (Å²) >= 11 is 0. The Balaban J connectivity index is 0.00000243. The van der Waals surface area contributed by atoms with Crippen LogP contribution in [-0.4, -0.2) is 20.0 Å². The summed E-state index contributed by atoms with van der Waals surface area (Å²) in [7, 11) is 3.99. The zero-order chi connectivity index (χ0) is 17.6. The van der Waals surface area contributed by atoms with Gasteiger partial charge < -0.3 is 17.3 Å². The lowest BCUT2D eigenvalue weighted by Gasteiger charge is -2.21. The predicted molar refractivity (Wildman–Crippen MR) is 101 cm³/mol. The SMILES string of the molecule is CN(C)c1cc[n+](CC(=O)N(c2ccccc2)c2ccccc2)cc1.[Cl-]. The van der Waals surface area contributed by atoms with E-state index in [4.69, 9.17) is 0 Å². The number of aromatic nitrogens is 1. The van der Waals surface area contributed by atoms with Crippen molar-refractivity contribution in [1.82, 2.24) is 0 Å². The van der Waals surface area contributed by atoms with Crippen molar-refractivity contribution < 1.29 is 21.8 Å². The van der Waals surface area contributed by atoms with Crippen LogP contribution in [0.5, 0.6) is 0 Å². The molecule has 0 N–H and O–H groups in total. The third kappa shape index (κ3) is 4.61. The van der Waals surface area contributed by atoms with Gasteiger partial charge in [0.2, 0.25) is 6.54 Å². The van der Waals surface area contributed by atoms with Crippen LogP contribution in [-0.2, 0) is 11.3 Å². The van der Waals surface area contributed by atoms with Gasteiger partial charge in [0.15, 0.2) is 12.4 Å². The van der Waals surface area contributed by atoms with Gasteiger partial charge in [-0.2, -0.15) is 4.57 Å². The topological polar surface area (TPSA) is 27.4 Å². The first kappa shape index (κ1) is 19.5. The molecule has 134 valence electrons. The van der Waals surface area contributed by atoms with Crippen LogP contribution < -0.4 is 26.8 Å². The summed E-state index contributed by atoms with van der Waals surface area (Å²) in [6.45, 7) is 0.275. The number of halogens is 1. The first-order valence-corrected chi connectivity index (χ1v) is 8.24. The third-order valence-corrected chi connectivity index (χ3v) is 3.99. The maximum atomic E-state index is 13.0. The van der Waals surface area contributed by atoms with Gasteiger partial charge in [-0.05, 0) is 24.3 Å². The Morgan fingerprint density at radius 1 is 0.769 bits per heavy atom. The Labute approximate surface area is 160 Å². The predicted octanol–water partition coefficient (Wildman–Crippen LogP) is 0.409. The lowest BCUT2D eigenvalue weighted by molar-refractivity contribution is -0.684. The lowest BCUT2D eigenvalue weighted by atomic mass is 10.2. The van der Waals surface area contributed by atoms with Crippen molar-refractivity contribution in [2.75, 3.05) is 23.9 Å². The summed E-state index contributed by atoms with van der Waals surface area (Å²) in [4.78, 5) is 16.8. The van der Waals surface area contributed by atoms with Gasteiger partial charge in [-0.25, -0.2) is 0 Å². The highest BCUT2D eigenvalue weighted by Crippen LogP contribution is 2.25. The Morgan fingerprint density at radius 2 is 1.23 bits per heavy atom. The summed E-state index contributed by atoms with van der Waals surface area (Å²) < 4.78 is 1.90. The van der Waals surface area contributed by atoms with Crippen LogP contribution in [0.25, 0.3) is 0 Å². The van der Waals surface area contributed by atoms with Crippen LogP contribution in [0.2, 0.25) is 0 Å². The number of pyridine rings is 1. The van der Waals surface area contributed by atoms with Crippen LogP contribution in [0.3, 0.4) is 0 Å². The fourth-order valence-electron chi connectivity index (χ4n) is 2.67. The van der Waals surface area contributed by atoms with Crippen LogP contribution in [0.15, 0.2) is 85.2 Å². The molecule has 0 aliphatic heterocycles. The number of para-hydroxylation sites is 2. The average molecular weight is 368 g/mol. The van der Waals surface area contributed by atoms with Crippen LogP contribution >= 0.6 is 0 Å². The number of carbonyl (C=O) groups excluding carboxylic acids is 1. The Bertz CT molecular complexity index is 781. The number of benzene rings is 2. The van der Waals surface area contributed by atoms with E-state index in [2.05, 4.69) is 0 Å². The molecule has 2 aromatic carbocycles. The average Bonchev–Trinajstić information content (AvgIpc) is 2.64. The van der Waals surface area contributed by atoms with E-state index in [1.54, 1.807) is 4.90 Å². The van der Waals surface area contributed by atoms with Gasteiger partial charge in [0.05, 0.1) is 0 Å². The zero-order valence-corrected chi connectivity index (χ0v) is 15.7. The lowest BCUT2D eigenvalue weighted by Crippen LogP contribution is -3.00. The second-order valence-electron chi connectivity index (χ2n) is 6.02. The van der Waals surface area contributed by atoms with Gasteiger partial charge in [-0.3, -0.25) is 9.69 Å². The van der Waals surface area contributed by atoms with Gasteiger partial charge in [0, 0.05) is 43.3 Å². The number of anilines is 3. The number of hydrogen-bond donors (Lipinski definition) is 0. The number of hydrogen-bond acceptors (Lipinski definition) is 2. The highest BCUT2D eigenvalue weighted by molar-refractivity contribution is 5.99. The van der Waals surface area contributed by atoms with E-state index >= 15 is 0 Å². The van der Waals surface area contributed by atoms with Crippen LogP contribution in [0, 0.1) is 0 Å². The number of carbonyl (C=O) groups is 1. The largest absolute Gasteiger partial charge is 1.00 e. The van der Waals surface area contributed by atoms with E-state index in [0.717, 1.165) is 17.1 Å². The molecular weight excluding hydrogens is 346 g/mol. The number of amides is 1. The number of rotatable bonds is 5. The standard InChI is InChI=1S/C21H22N3O.ClH/c1-22(2)18-13-15-23(16-14-18)17-21(25)24(19-9-5-3-6-10-19)20-11-7-4-8-12-20;/h3-16H,17H2,1-2H3;1H/q+1;/p-1. The van der Waals surface area contributed by atoms with E-state index < -0.39 is 0 Å². The summed E-state index contributed by atoms with van der Waals surface area (Å²) in [5.74, 6) is 0.0139. The maximum absolute atomic E-state index is 13.0. The molecule has 3 rings (SSSR count). The van der Waals surface area contributed by atoms with Crippen molar-refractivity contribution in [3.8, 4) is 0 Å². The minimum atomic E-state index is 0. The molecular formula is C21H22ClN3O. The molecule has 4 nitrogen and oxygen atoms in total. The fraction of sp³-hybridized carbons (Fsp3) is 0.143. The van der Waals surface area contributed by atoms with E-state index in [1.165, 1.54) is 0 Å². The molecule has 26 heavy (non-hydrogen) atoms. The molecule has 0 saturated heterocycles. The number of nitrogens with zero attached hydrogens (tertiary/aromatic N) is 3. The van der Waals surface area contributed by atoms with Crippen LogP contribution in [0.1, 0.15) is 0 Å². The minimum absolute atomic E-state index is 0. The Hall–Kier alpha value is -2.85. The molecule has 0 aliphatic rings. The van der Waals surface area contributed by atoms with Crippen molar-refractivity contribution in [3.63, 3.8) is 0 Å². The van der Waals surface area contributed by atoms with Crippen molar-refractivity contribution in [2.24, 2.45) is 0 Å². The van der Waals surface area contributed by atoms with Gasteiger partial charge in [-0.15, -0.1) is 0 Å². The smallest absolute Gasteiger partial charge is 0.297 e. The zero-order valence-electron chi connectivity index (χ0n) is 14.9. The van der Waals surface area contributed by atoms with Gasteiger partial charge in [0.1, 0.15) is 0 Å². The third-order valence-electron chi connectivity index (χ3n) is 3.99. The van der Waals surface area contributed by atoms with E-state index in [1.807, 2.05) is 109 Å². The second kappa shape index (κ2) is 9.02. The Morgan fingerprint density at radius 3 is 1.65 bits per heavy atom. The first-order valence-electron chi connectivity index (χ1n) is 8.24. The highest BCUT2D eigenvalue weighted by Gasteiger charge is 2.21. The molecule has 0 spiro atoms. The van der Waals surface area contributed by atoms with Gasteiger partial charge in [0.25, 0.3) is 5.91 Å². The molecule has 0 aliphatic carbocycles. The molecule has 1 amide bonds. The van der Waals surface area contributed by atoms with Crippen LogP contribution in [0.4, 0.5) is 17.1 Å². The van der Waals surface area contributed by atoms with E-state index in [9.17, 15) is 4.79 Å². The summed E-state index contributed by atoms with van der Waals surface area (Å²) in [5.41, 5.74) is 2.83. The molecule has 3 aromatic rings. The minimum Gasteiger partial charge on any atom is -1.00 e. The van der Waals surface area contributed by atoms with Crippen molar-refractivity contribution in [1.29, 1.82) is 0 Å². The van der Waals surface area contributed by atoms with E-state index in [-0.39, 0.29) is 24.9 Å². The molecule has 0 saturated carbocycles. The molecule has 0 fully saturated rings.